The quantitative estimate of drug-likeness (QED) is 0.889. The van der Waals surface area contributed by atoms with Crippen LogP contribution in [0.5, 0.6) is 0 Å². The van der Waals surface area contributed by atoms with Crippen LogP contribution in [0.4, 0.5) is 5.82 Å². The topological polar surface area (TPSA) is 50.3 Å². The standard InChI is InChI=1S/C12H17ClN4O/c13-11-1-2-12(16-15-11)17-5-3-9(7-17)14-10-4-6-18-8-10/h1-2,9-10,14H,3-8H2/t9-,10?/m1/s1. The number of halogens is 1. The predicted molar refractivity (Wildman–Crippen MR) is 70.0 cm³/mol. The monoisotopic (exact) mass is 268 g/mol. The van der Waals surface area contributed by atoms with E-state index < -0.39 is 0 Å². The Morgan fingerprint density at radius 1 is 1.28 bits per heavy atom. The van der Waals surface area contributed by atoms with Crippen molar-refractivity contribution in [3.63, 3.8) is 0 Å². The van der Waals surface area contributed by atoms with Crippen molar-refractivity contribution in [3.05, 3.63) is 17.3 Å². The third-order valence-electron chi connectivity index (χ3n) is 3.53. The highest BCUT2D eigenvalue weighted by Gasteiger charge is 2.27. The van der Waals surface area contributed by atoms with Gasteiger partial charge >= 0.3 is 0 Å². The molecule has 98 valence electrons. The summed E-state index contributed by atoms with van der Waals surface area (Å²) in [6.45, 7) is 3.72. The zero-order chi connectivity index (χ0) is 12.4. The molecule has 0 aliphatic carbocycles. The number of hydrogen-bond donors (Lipinski definition) is 1. The molecule has 0 aromatic carbocycles. The van der Waals surface area contributed by atoms with Gasteiger partial charge in [-0.05, 0) is 25.0 Å². The lowest BCUT2D eigenvalue weighted by molar-refractivity contribution is 0.188. The molecule has 2 aliphatic rings. The van der Waals surface area contributed by atoms with Gasteiger partial charge in [-0.3, -0.25) is 0 Å². The molecule has 0 amide bonds. The Morgan fingerprint density at radius 2 is 2.22 bits per heavy atom. The molecule has 1 aromatic rings. The van der Waals surface area contributed by atoms with Gasteiger partial charge in [0.1, 0.15) is 0 Å². The number of anilines is 1. The first-order valence-electron chi connectivity index (χ1n) is 6.39. The average Bonchev–Trinajstić information content (AvgIpc) is 3.02. The maximum Gasteiger partial charge on any atom is 0.151 e. The van der Waals surface area contributed by atoms with Crippen LogP contribution in [0.3, 0.4) is 0 Å². The molecule has 0 radical (unpaired) electrons. The first-order valence-corrected chi connectivity index (χ1v) is 6.77. The molecule has 3 rings (SSSR count). The smallest absolute Gasteiger partial charge is 0.151 e. The highest BCUT2D eigenvalue weighted by Crippen LogP contribution is 2.19. The molecule has 1 unspecified atom stereocenters. The Kier molecular flexibility index (Phi) is 3.63. The van der Waals surface area contributed by atoms with E-state index in [0.29, 0.717) is 17.2 Å². The Balaban J connectivity index is 1.55. The van der Waals surface area contributed by atoms with Crippen LogP contribution in [-0.2, 0) is 4.74 Å². The molecule has 1 aromatic heterocycles. The van der Waals surface area contributed by atoms with Gasteiger partial charge in [0.15, 0.2) is 11.0 Å². The fourth-order valence-electron chi connectivity index (χ4n) is 2.58. The summed E-state index contributed by atoms with van der Waals surface area (Å²) in [6.07, 6.45) is 2.26. The lowest BCUT2D eigenvalue weighted by atomic mass is 10.2. The fourth-order valence-corrected chi connectivity index (χ4v) is 2.68. The molecule has 0 bridgehead atoms. The minimum atomic E-state index is 0.440. The van der Waals surface area contributed by atoms with E-state index in [1.54, 1.807) is 6.07 Å². The second-order valence-electron chi connectivity index (χ2n) is 4.87. The molecule has 2 fully saturated rings. The molecule has 18 heavy (non-hydrogen) atoms. The molecule has 0 saturated carbocycles. The van der Waals surface area contributed by atoms with Crippen molar-refractivity contribution in [3.8, 4) is 0 Å². The zero-order valence-electron chi connectivity index (χ0n) is 10.2. The van der Waals surface area contributed by atoms with Gasteiger partial charge in [0.25, 0.3) is 0 Å². The SMILES string of the molecule is Clc1ccc(N2CC[C@@H](NC3CCOC3)C2)nn1. The van der Waals surface area contributed by atoms with Crippen LogP contribution in [0.15, 0.2) is 12.1 Å². The zero-order valence-corrected chi connectivity index (χ0v) is 10.9. The van der Waals surface area contributed by atoms with E-state index in [2.05, 4.69) is 20.4 Å². The van der Waals surface area contributed by atoms with Gasteiger partial charge in [-0.15, -0.1) is 10.2 Å². The van der Waals surface area contributed by atoms with Crippen molar-refractivity contribution in [2.45, 2.75) is 24.9 Å². The minimum absolute atomic E-state index is 0.440. The van der Waals surface area contributed by atoms with Crippen LogP contribution in [0.2, 0.25) is 5.15 Å². The number of ether oxygens (including phenoxy) is 1. The van der Waals surface area contributed by atoms with E-state index in [-0.39, 0.29) is 0 Å². The Morgan fingerprint density at radius 3 is 2.94 bits per heavy atom. The first-order chi connectivity index (χ1) is 8.81. The minimum Gasteiger partial charge on any atom is -0.380 e. The number of hydrogen-bond acceptors (Lipinski definition) is 5. The van der Waals surface area contributed by atoms with Crippen LogP contribution in [0, 0.1) is 0 Å². The summed E-state index contributed by atoms with van der Waals surface area (Å²) in [6, 6.07) is 4.76. The van der Waals surface area contributed by atoms with Crippen molar-refractivity contribution in [2.75, 3.05) is 31.2 Å². The lowest BCUT2D eigenvalue weighted by Crippen LogP contribution is -2.40. The molecule has 1 N–H and O–H groups in total. The maximum atomic E-state index is 5.74. The second kappa shape index (κ2) is 5.38. The summed E-state index contributed by atoms with van der Waals surface area (Å²) < 4.78 is 5.38. The van der Waals surface area contributed by atoms with Gasteiger partial charge in [-0.25, -0.2) is 0 Å². The summed E-state index contributed by atoms with van der Waals surface area (Å²) >= 11 is 5.74. The molecular weight excluding hydrogens is 252 g/mol. The number of nitrogens with one attached hydrogen (secondary N) is 1. The Hall–Kier alpha value is -0.910. The van der Waals surface area contributed by atoms with Gasteiger partial charge < -0.3 is 15.0 Å². The van der Waals surface area contributed by atoms with Crippen molar-refractivity contribution in [2.24, 2.45) is 0 Å². The van der Waals surface area contributed by atoms with Crippen molar-refractivity contribution in [1.82, 2.24) is 15.5 Å². The number of rotatable bonds is 3. The van der Waals surface area contributed by atoms with Crippen LogP contribution in [0.25, 0.3) is 0 Å². The van der Waals surface area contributed by atoms with Gasteiger partial charge in [0.2, 0.25) is 0 Å². The maximum absolute atomic E-state index is 5.74. The third kappa shape index (κ3) is 2.74. The molecular formula is C12H17ClN4O. The van der Waals surface area contributed by atoms with Crippen molar-refractivity contribution < 1.29 is 4.74 Å². The summed E-state index contributed by atoms with van der Waals surface area (Å²) in [5.74, 6) is 0.909. The summed E-state index contributed by atoms with van der Waals surface area (Å²) in [4.78, 5) is 2.25. The molecule has 3 heterocycles. The second-order valence-corrected chi connectivity index (χ2v) is 5.26. The van der Waals surface area contributed by atoms with Crippen molar-refractivity contribution >= 4 is 17.4 Å². The van der Waals surface area contributed by atoms with Gasteiger partial charge in [0, 0.05) is 31.8 Å². The molecule has 2 aliphatic heterocycles. The molecule has 5 nitrogen and oxygen atoms in total. The molecule has 0 spiro atoms. The molecule has 2 saturated heterocycles. The molecule has 2 atom stereocenters. The largest absolute Gasteiger partial charge is 0.380 e. The number of aromatic nitrogens is 2. The van der Waals surface area contributed by atoms with E-state index in [1.165, 1.54) is 0 Å². The number of nitrogens with zero attached hydrogens (tertiary/aromatic N) is 3. The molecule has 6 heteroatoms. The summed E-state index contributed by atoms with van der Waals surface area (Å²) in [5, 5.41) is 12.1. The summed E-state index contributed by atoms with van der Waals surface area (Å²) in [7, 11) is 0. The van der Waals surface area contributed by atoms with Crippen LogP contribution in [-0.4, -0.2) is 48.6 Å². The Bertz CT molecular complexity index is 394. The van der Waals surface area contributed by atoms with E-state index in [4.69, 9.17) is 16.3 Å². The highest BCUT2D eigenvalue weighted by molar-refractivity contribution is 6.29. The van der Waals surface area contributed by atoms with Gasteiger partial charge in [0.05, 0.1) is 6.61 Å². The van der Waals surface area contributed by atoms with Crippen LogP contribution in [0.1, 0.15) is 12.8 Å². The van der Waals surface area contributed by atoms with E-state index in [9.17, 15) is 0 Å². The summed E-state index contributed by atoms with van der Waals surface area (Å²) in [5.41, 5.74) is 0. The highest BCUT2D eigenvalue weighted by atomic mass is 35.5. The van der Waals surface area contributed by atoms with Crippen molar-refractivity contribution in [1.29, 1.82) is 0 Å². The average molecular weight is 269 g/mol. The normalized spacial score (nSPS) is 27.9. The predicted octanol–water partition coefficient (Wildman–Crippen LogP) is 1.09. The third-order valence-corrected chi connectivity index (χ3v) is 3.73. The fraction of sp³-hybridized carbons (Fsp3) is 0.667. The van der Waals surface area contributed by atoms with Crippen LogP contribution < -0.4 is 10.2 Å². The van der Waals surface area contributed by atoms with E-state index >= 15 is 0 Å². The first kappa shape index (κ1) is 12.1. The van der Waals surface area contributed by atoms with E-state index in [1.807, 2.05) is 6.07 Å². The Labute approximate surface area is 111 Å². The van der Waals surface area contributed by atoms with Gasteiger partial charge in [-0.1, -0.05) is 11.6 Å². The van der Waals surface area contributed by atoms with E-state index in [0.717, 1.165) is 45.0 Å². The lowest BCUT2D eigenvalue weighted by Gasteiger charge is -2.19. The van der Waals surface area contributed by atoms with Crippen LogP contribution >= 0.6 is 11.6 Å². The van der Waals surface area contributed by atoms with Gasteiger partial charge in [-0.2, -0.15) is 0 Å².